The molecule has 34 heavy (non-hydrogen) atoms. The summed E-state index contributed by atoms with van der Waals surface area (Å²) in [5.74, 6) is 0.363. The zero-order valence-electron chi connectivity index (χ0n) is 19.1. The van der Waals surface area contributed by atoms with Crippen molar-refractivity contribution in [2.24, 2.45) is 0 Å². The maximum absolute atomic E-state index is 12.7. The van der Waals surface area contributed by atoms with E-state index in [2.05, 4.69) is 16.0 Å². The first-order valence-electron chi connectivity index (χ1n) is 10.9. The second-order valence-electron chi connectivity index (χ2n) is 7.05. The summed E-state index contributed by atoms with van der Waals surface area (Å²) in [7, 11) is 0. The van der Waals surface area contributed by atoms with Gasteiger partial charge in [-0.2, -0.15) is 0 Å². The van der Waals surface area contributed by atoms with Crippen molar-refractivity contribution in [3.05, 3.63) is 76.0 Å². The maximum atomic E-state index is 12.7. The van der Waals surface area contributed by atoms with E-state index in [4.69, 9.17) is 9.47 Å². The van der Waals surface area contributed by atoms with Crippen LogP contribution in [0.4, 0.5) is 5.69 Å². The Morgan fingerprint density at radius 2 is 1.41 bits per heavy atom. The van der Waals surface area contributed by atoms with Crippen molar-refractivity contribution in [1.82, 2.24) is 10.6 Å². The number of amides is 3. The van der Waals surface area contributed by atoms with Gasteiger partial charge in [-0.1, -0.05) is 6.07 Å². The Morgan fingerprint density at radius 1 is 0.765 bits per heavy atom. The molecule has 1 aromatic heterocycles. The van der Waals surface area contributed by atoms with Crippen LogP contribution in [0.25, 0.3) is 0 Å². The monoisotopic (exact) mass is 481 g/mol. The van der Waals surface area contributed by atoms with Crippen molar-refractivity contribution in [3.63, 3.8) is 0 Å². The molecule has 0 aliphatic carbocycles. The number of ether oxygens (including phenoxy) is 2. The van der Waals surface area contributed by atoms with E-state index < -0.39 is 0 Å². The predicted molar refractivity (Wildman–Crippen MR) is 132 cm³/mol. The lowest BCUT2D eigenvalue weighted by Crippen LogP contribution is -2.34. The Hall–Kier alpha value is -3.85. The fourth-order valence-corrected chi connectivity index (χ4v) is 3.69. The lowest BCUT2D eigenvalue weighted by atomic mass is 10.1. The molecule has 0 spiro atoms. The first-order valence-corrected chi connectivity index (χ1v) is 11.8. The van der Waals surface area contributed by atoms with Crippen LogP contribution in [-0.4, -0.2) is 44.0 Å². The van der Waals surface area contributed by atoms with Crippen LogP contribution in [0.2, 0.25) is 0 Å². The van der Waals surface area contributed by atoms with Crippen molar-refractivity contribution in [2.75, 3.05) is 31.6 Å². The topological polar surface area (TPSA) is 106 Å². The van der Waals surface area contributed by atoms with E-state index in [1.54, 1.807) is 48.5 Å². The summed E-state index contributed by atoms with van der Waals surface area (Å²) >= 11 is 1.36. The van der Waals surface area contributed by atoms with Crippen LogP contribution < -0.4 is 25.4 Å². The molecule has 9 heteroatoms. The molecule has 0 fully saturated rings. The smallest absolute Gasteiger partial charge is 0.261 e. The molecule has 0 unspecified atom stereocenters. The number of anilines is 1. The van der Waals surface area contributed by atoms with Crippen LogP contribution in [-0.2, 0) is 0 Å². The Morgan fingerprint density at radius 3 is 2.06 bits per heavy atom. The van der Waals surface area contributed by atoms with E-state index in [0.717, 1.165) is 0 Å². The van der Waals surface area contributed by atoms with Crippen molar-refractivity contribution in [3.8, 4) is 11.5 Å². The molecule has 1 heterocycles. The second kappa shape index (κ2) is 12.4. The molecule has 178 valence electrons. The fourth-order valence-electron chi connectivity index (χ4n) is 3.05. The van der Waals surface area contributed by atoms with Crippen LogP contribution in [0.5, 0.6) is 11.5 Å². The summed E-state index contributed by atoms with van der Waals surface area (Å²) in [4.78, 5) is 37.5. The summed E-state index contributed by atoms with van der Waals surface area (Å²) in [6, 6.07) is 15.1. The molecule has 2 aromatic carbocycles. The van der Waals surface area contributed by atoms with Gasteiger partial charge in [-0.25, -0.2) is 0 Å². The largest absolute Gasteiger partial charge is 0.490 e. The quantitative estimate of drug-likeness (QED) is 0.360. The molecule has 0 saturated carbocycles. The fraction of sp³-hybridized carbons (Fsp3) is 0.240. The number of thiophene rings is 1. The molecule has 3 amide bonds. The molecule has 0 aliphatic rings. The minimum Gasteiger partial charge on any atom is -0.490 e. The molecular formula is C25H27N3O5S. The second-order valence-corrected chi connectivity index (χ2v) is 8.00. The lowest BCUT2D eigenvalue weighted by Gasteiger charge is -2.12. The average Bonchev–Trinajstić information content (AvgIpc) is 3.38. The number of hydrogen-bond acceptors (Lipinski definition) is 6. The molecular weight excluding hydrogens is 454 g/mol. The highest BCUT2D eigenvalue weighted by atomic mass is 32.1. The van der Waals surface area contributed by atoms with Gasteiger partial charge in [0.1, 0.15) is 0 Å². The van der Waals surface area contributed by atoms with Crippen molar-refractivity contribution < 1.29 is 23.9 Å². The number of carbonyl (C=O) groups is 3. The Kier molecular flexibility index (Phi) is 9.04. The normalized spacial score (nSPS) is 10.3. The predicted octanol–water partition coefficient (Wildman–Crippen LogP) is 3.96. The number of hydrogen-bond donors (Lipinski definition) is 3. The van der Waals surface area contributed by atoms with Gasteiger partial charge in [0, 0.05) is 29.9 Å². The number of carbonyl (C=O) groups excluding carboxylic acids is 3. The molecule has 3 rings (SSSR count). The molecule has 8 nitrogen and oxygen atoms in total. The minimum atomic E-state index is -0.303. The zero-order valence-corrected chi connectivity index (χ0v) is 19.9. The Labute approximate surface area is 202 Å². The number of rotatable bonds is 11. The highest BCUT2D eigenvalue weighted by Gasteiger charge is 2.13. The third-order valence-corrected chi connectivity index (χ3v) is 5.52. The van der Waals surface area contributed by atoms with Crippen molar-refractivity contribution in [2.45, 2.75) is 13.8 Å². The molecule has 0 saturated heterocycles. The van der Waals surface area contributed by atoms with Crippen LogP contribution in [0.1, 0.15) is 44.2 Å². The molecule has 0 atom stereocenters. The van der Waals surface area contributed by atoms with Gasteiger partial charge in [-0.05, 0) is 67.8 Å². The van der Waals surface area contributed by atoms with Crippen molar-refractivity contribution >= 4 is 34.7 Å². The molecule has 0 radical (unpaired) electrons. The van der Waals surface area contributed by atoms with Crippen LogP contribution in [0.3, 0.4) is 0 Å². The summed E-state index contributed by atoms with van der Waals surface area (Å²) in [6.45, 7) is 5.31. The highest BCUT2D eigenvalue weighted by molar-refractivity contribution is 7.12. The van der Waals surface area contributed by atoms with Gasteiger partial charge < -0.3 is 25.4 Å². The standard InChI is InChI=1S/C25H27N3O5S/c1-3-32-20-12-9-18(16-21(20)33-4-2)24(30)28-19-10-7-17(8-11-19)23(29)26-13-14-27-25(31)22-6-5-15-34-22/h5-12,15-16H,3-4,13-14H2,1-2H3,(H,26,29)(H,27,31)(H,28,30). The van der Waals surface area contributed by atoms with Crippen molar-refractivity contribution in [1.29, 1.82) is 0 Å². The van der Waals surface area contributed by atoms with E-state index in [1.165, 1.54) is 11.3 Å². The number of benzene rings is 2. The van der Waals surface area contributed by atoms with Crippen LogP contribution >= 0.6 is 11.3 Å². The van der Waals surface area contributed by atoms with Gasteiger partial charge in [-0.3, -0.25) is 14.4 Å². The molecule has 0 bridgehead atoms. The van der Waals surface area contributed by atoms with Gasteiger partial charge >= 0.3 is 0 Å². The van der Waals surface area contributed by atoms with Gasteiger partial charge in [0.15, 0.2) is 11.5 Å². The minimum absolute atomic E-state index is 0.162. The van der Waals surface area contributed by atoms with E-state index in [1.807, 2.05) is 25.3 Å². The average molecular weight is 482 g/mol. The van der Waals surface area contributed by atoms with Gasteiger partial charge in [-0.15, -0.1) is 11.3 Å². The van der Waals surface area contributed by atoms with E-state index in [9.17, 15) is 14.4 Å². The Balaban J connectivity index is 1.50. The third kappa shape index (κ3) is 6.82. The number of nitrogens with one attached hydrogen (secondary N) is 3. The summed E-state index contributed by atoms with van der Waals surface area (Å²) in [5.41, 5.74) is 1.43. The summed E-state index contributed by atoms with van der Waals surface area (Å²) in [6.07, 6.45) is 0. The third-order valence-electron chi connectivity index (χ3n) is 4.65. The lowest BCUT2D eigenvalue weighted by molar-refractivity contribution is 0.0929. The first-order chi connectivity index (χ1) is 16.5. The molecule has 3 N–H and O–H groups in total. The first kappa shape index (κ1) is 24.8. The van der Waals surface area contributed by atoms with Gasteiger partial charge in [0.05, 0.1) is 18.1 Å². The van der Waals surface area contributed by atoms with E-state index in [-0.39, 0.29) is 17.7 Å². The molecule has 3 aromatic rings. The summed E-state index contributed by atoms with van der Waals surface area (Å²) < 4.78 is 11.1. The Bertz CT molecular complexity index is 1110. The van der Waals surface area contributed by atoms with Crippen LogP contribution in [0, 0.1) is 0 Å². The zero-order chi connectivity index (χ0) is 24.3. The van der Waals surface area contributed by atoms with Crippen LogP contribution in [0.15, 0.2) is 60.0 Å². The van der Waals surface area contributed by atoms with E-state index >= 15 is 0 Å². The van der Waals surface area contributed by atoms with Gasteiger partial charge in [0.25, 0.3) is 17.7 Å². The maximum Gasteiger partial charge on any atom is 0.261 e. The molecule has 0 aliphatic heterocycles. The van der Waals surface area contributed by atoms with E-state index in [0.29, 0.717) is 59.5 Å². The summed E-state index contributed by atoms with van der Waals surface area (Å²) in [5, 5.41) is 10.2. The highest BCUT2D eigenvalue weighted by Crippen LogP contribution is 2.29. The SMILES string of the molecule is CCOc1ccc(C(=O)Nc2ccc(C(=O)NCCNC(=O)c3cccs3)cc2)cc1OCC. The van der Waals surface area contributed by atoms with Gasteiger partial charge in [0.2, 0.25) is 0 Å².